The van der Waals surface area contributed by atoms with Crippen molar-refractivity contribution in [2.75, 3.05) is 56.8 Å². The fraction of sp³-hybridized carbons (Fsp3) is 0.364. The molecule has 1 amide bonds. The van der Waals surface area contributed by atoms with Gasteiger partial charge in [0, 0.05) is 38.7 Å². The highest BCUT2D eigenvalue weighted by Crippen LogP contribution is 2.32. The molecule has 1 aromatic heterocycles. The zero-order valence-corrected chi connectivity index (χ0v) is 21.2. The smallest absolute Gasteiger partial charge is 0.261 e. The van der Waals surface area contributed by atoms with Crippen LogP contribution in [0, 0.1) is 0 Å². The Morgan fingerprint density at radius 3 is 2.44 bits per heavy atom. The van der Waals surface area contributed by atoms with Crippen LogP contribution in [0.2, 0.25) is 0 Å². The number of sulfone groups is 2. The van der Waals surface area contributed by atoms with Gasteiger partial charge in [0.25, 0.3) is 5.91 Å². The summed E-state index contributed by atoms with van der Waals surface area (Å²) >= 11 is 1.20. The molecule has 0 N–H and O–H groups in total. The molecule has 4 rings (SSSR count). The molecule has 0 saturated carbocycles. The molecular formula is C22H25N3O6S3. The Kier molecular flexibility index (Phi) is 7.06. The fourth-order valence-corrected chi connectivity index (χ4v) is 6.33. The van der Waals surface area contributed by atoms with E-state index >= 15 is 0 Å². The number of ether oxygens (including phenoxy) is 1. The number of benzene rings is 2. The summed E-state index contributed by atoms with van der Waals surface area (Å²) in [4.78, 5) is 22.0. The lowest BCUT2D eigenvalue weighted by molar-refractivity contribution is 0.0391. The predicted octanol–water partition coefficient (Wildman–Crippen LogP) is 2.08. The van der Waals surface area contributed by atoms with Crippen molar-refractivity contribution in [2.45, 2.75) is 9.79 Å². The molecule has 1 aliphatic rings. The van der Waals surface area contributed by atoms with Crippen molar-refractivity contribution >= 4 is 52.3 Å². The Balaban J connectivity index is 1.75. The van der Waals surface area contributed by atoms with Crippen molar-refractivity contribution in [3.05, 3.63) is 48.0 Å². The molecule has 2 heterocycles. The van der Waals surface area contributed by atoms with Gasteiger partial charge in [-0.1, -0.05) is 23.5 Å². The monoisotopic (exact) mass is 523 g/mol. The third-order valence-electron chi connectivity index (χ3n) is 5.51. The van der Waals surface area contributed by atoms with Gasteiger partial charge >= 0.3 is 0 Å². The Morgan fingerprint density at radius 1 is 1.06 bits per heavy atom. The number of nitrogens with zero attached hydrogens (tertiary/aromatic N) is 3. The second kappa shape index (κ2) is 9.70. The van der Waals surface area contributed by atoms with Crippen molar-refractivity contribution in [3.63, 3.8) is 0 Å². The zero-order chi connectivity index (χ0) is 24.5. The number of amides is 1. The number of fused-ring (bicyclic) bond motifs is 1. The minimum atomic E-state index is -3.63. The Hall–Kier alpha value is -2.38. The quantitative estimate of drug-likeness (QED) is 0.463. The molecule has 1 aliphatic heterocycles. The van der Waals surface area contributed by atoms with Crippen molar-refractivity contribution in [3.8, 4) is 0 Å². The van der Waals surface area contributed by atoms with Gasteiger partial charge in [-0.05, 0) is 30.3 Å². The summed E-state index contributed by atoms with van der Waals surface area (Å²) in [5.41, 5.74) is 0.635. The molecule has 12 heteroatoms. The molecule has 0 radical (unpaired) electrons. The molecule has 0 spiro atoms. The summed E-state index contributed by atoms with van der Waals surface area (Å²) in [6.45, 7) is 3.54. The van der Waals surface area contributed by atoms with Gasteiger partial charge in [-0.3, -0.25) is 14.6 Å². The van der Waals surface area contributed by atoms with E-state index in [1.54, 1.807) is 24.3 Å². The van der Waals surface area contributed by atoms with Gasteiger partial charge in [0.2, 0.25) is 0 Å². The highest BCUT2D eigenvalue weighted by atomic mass is 32.2. The van der Waals surface area contributed by atoms with Gasteiger partial charge in [0.1, 0.15) is 0 Å². The second-order valence-electron chi connectivity index (χ2n) is 8.08. The van der Waals surface area contributed by atoms with Crippen LogP contribution in [0.4, 0.5) is 5.13 Å². The summed E-state index contributed by atoms with van der Waals surface area (Å²) in [5.74, 6) is -0.475. The summed E-state index contributed by atoms with van der Waals surface area (Å²) < 4.78 is 54.6. The minimum absolute atomic E-state index is 0.0446. The van der Waals surface area contributed by atoms with E-state index in [0.29, 0.717) is 35.1 Å². The first-order chi connectivity index (χ1) is 16.0. The lowest BCUT2D eigenvalue weighted by atomic mass is 10.2. The van der Waals surface area contributed by atoms with E-state index in [1.165, 1.54) is 34.4 Å². The highest BCUT2D eigenvalue weighted by Gasteiger charge is 2.27. The number of hydrogen-bond acceptors (Lipinski definition) is 9. The summed E-state index contributed by atoms with van der Waals surface area (Å²) in [7, 11) is -7.03. The molecule has 0 atom stereocenters. The van der Waals surface area contributed by atoms with Crippen LogP contribution in [0.25, 0.3) is 10.2 Å². The van der Waals surface area contributed by atoms with Crippen LogP contribution in [0.5, 0.6) is 0 Å². The number of anilines is 1. The molecule has 0 bridgehead atoms. The molecular weight excluding hydrogens is 498 g/mol. The SMILES string of the molecule is CS(=O)(=O)c1ccc2nc(N(CCN3CCOCC3)C(=O)c3ccccc3S(C)(=O)=O)sc2c1. The third kappa shape index (κ3) is 5.47. The van der Waals surface area contributed by atoms with Crippen molar-refractivity contribution in [2.24, 2.45) is 0 Å². The number of carbonyl (C=O) groups is 1. The number of carbonyl (C=O) groups excluding carboxylic acids is 1. The van der Waals surface area contributed by atoms with Crippen LogP contribution < -0.4 is 4.90 Å². The maximum absolute atomic E-state index is 13.7. The van der Waals surface area contributed by atoms with Crippen LogP contribution in [0.3, 0.4) is 0 Å². The Bertz CT molecular complexity index is 1430. The summed E-state index contributed by atoms with van der Waals surface area (Å²) in [6, 6.07) is 10.8. The molecule has 0 unspecified atom stereocenters. The van der Waals surface area contributed by atoms with Crippen molar-refractivity contribution in [1.29, 1.82) is 0 Å². The highest BCUT2D eigenvalue weighted by molar-refractivity contribution is 7.91. The lowest BCUT2D eigenvalue weighted by Gasteiger charge is -2.29. The van der Waals surface area contributed by atoms with E-state index in [2.05, 4.69) is 9.88 Å². The average molecular weight is 524 g/mol. The third-order valence-corrected chi connectivity index (χ3v) is 8.82. The molecule has 1 fully saturated rings. The van der Waals surface area contributed by atoms with E-state index in [1.807, 2.05) is 0 Å². The summed E-state index contributed by atoms with van der Waals surface area (Å²) in [6.07, 6.45) is 2.21. The first-order valence-electron chi connectivity index (χ1n) is 10.6. The Labute approximate surface area is 202 Å². The summed E-state index contributed by atoms with van der Waals surface area (Å²) in [5, 5.41) is 0.377. The van der Waals surface area contributed by atoms with Gasteiger partial charge < -0.3 is 4.74 Å². The predicted molar refractivity (Wildman–Crippen MR) is 131 cm³/mol. The number of thiazole rings is 1. The van der Waals surface area contributed by atoms with Crippen LogP contribution in [0.1, 0.15) is 10.4 Å². The first kappa shape index (κ1) is 24.7. The van der Waals surface area contributed by atoms with E-state index in [9.17, 15) is 21.6 Å². The molecule has 0 aliphatic carbocycles. The number of aromatic nitrogens is 1. The van der Waals surface area contributed by atoms with Gasteiger partial charge in [-0.25, -0.2) is 21.8 Å². The van der Waals surface area contributed by atoms with Crippen LogP contribution in [-0.4, -0.2) is 84.5 Å². The largest absolute Gasteiger partial charge is 0.379 e. The standard InChI is InChI=1S/C22H25N3O6S3/c1-33(27,28)16-7-8-18-19(15-16)32-22(23-18)25(10-9-24-11-13-31-14-12-24)21(26)17-5-3-4-6-20(17)34(2,29)30/h3-8,15H,9-14H2,1-2H3. The molecule has 34 heavy (non-hydrogen) atoms. The van der Waals surface area contributed by atoms with E-state index in [-0.39, 0.29) is 21.9 Å². The van der Waals surface area contributed by atoms with Crippen molar-refractivity contribution < 1.29 is 26.4 Å². The number of rotatable bonds is 7. The fourth-order valence-electron chi connectivity index (χ4n) is 3.70. The molecule has 3 aromatic rings. The van der Waals surface area contributed by atoms with Gasteiger partial charge in [0.05, 0.1) is 38.8 Å². The Morgan fingerprint density at radius 2 is 1.76 bits per heavy atom. The normalized spacial score (nSPS) is 15.5. The van der Waals surface area contributed by atoms with E-state index < -0.39 is 25.6 Å². The molecule has 9 nitrogen and oxygen atoms in total. The maximum atomic E-state index is 13.7. The van der Waals surface area contributed by atoms with Gasteiger partial charge in [-0.15, -0.1) is 0 Å². The topological polar surface area (TPSA) is 114 Å². The van der Waals surface area contributed by atoms with E-state index in [4.69, 9.17) is 4.74 Å². The molecule has 182 valence electrons. The minimum Gasteiger partial charge on any atom is -0.379 e. The lowest BCUT2D eigenvalue weighted by Crippen LogP contribution is -2.43. The zero-order valence-electron chi connectivity index (χ0n) is 18.8. The van der Waals surface area contributed by atoms with Gasteiger partial charge in [0.15, 0.2) is 24.8 Å². The number of hydrogen-bond donors (Lipinski definition) is 0. The van der Waals surface area contributed by atoms with Gasteiger partial charge in [-0.2, -0.15) is 0 Å². The van der Waals surface area contributed by atoms with Crippen LogP contribution in [0.15, 0.2) is 52.3 Å². The van der Waals surface area contributed by atoms with E-state index in [0.717, 1.165) is 25.6 Å². The molecule has 2 aromatic carbocycles. The average Bonchev–Trinajstić information content (AvgIpc) is 3.21. The van der Waals surface area contributed by atoms with Crippen LogP contribution in [-0.2, 0) is 24.4 Å². The molecule has 1 saturated heterocycles. The second-order valence-corrected chi connectivity index (χ2v) is 13.1. The first-order valence-corrected chi connectivity index (χ1v) is 15.2. The number of morpholine rings is 1. The maximum Gasteiger partial charge on any atom is 0.261 e. The van der Waals surface area contributed by atoms with Crippen LogP contribution >= 0.6 is 11.3 Å². The van der Waals surface area contributed by atoms with Crippen molar-refractivity contribution in [1.82, 2.24) is 9.88 Å².